The lowest BCUT2D eigenvalue weighted by atomic mass is 9.95. The summed E-state index contributed by atoms with van der Waals surface area (Å²) in [5, 5.41) is 4.37. The van der Waals surface area contributed by atoms with Gasteiger partial charge < -0.3 is 10.2 Å². The van der Waals surface area contributed by atoms with Gasteiger partial charge in [0.2, 0.25) is 11.8 Å². The second-order valence-corrected chi connectivity index (χ2v) is 10.4. The fourth-order valence-electron chi connectivity index (χ4n) is 4.11. The largest absolute Gasteiger partial charge is 0.352 e. The number of benzene rings is 2. The Kier molecular flexibility index (Phi) is 10.4. The van der Waals surface area contributed by atoms with Crippen molar-refractivity contribution in [2.45, 2.75) is 63.3 Å². The molecule has 0 bridgehead atoms. The highest BCUT2D eigenvalue weighted by atomic mass is 35.5. The predicted molar refractivity (Wildman–Crippen MR) is 139 cm³/mol. The molecule has 1 aliphatic carbocycles. The van der Waals surface area contributed by atoms with Gasteiger partial charge >= 0.3 is 0 Å². The normalized spacial score (nSPS) is 15.1. The average molecular weight is 508 g/mol. The lowest BCUT2D eigenvalue weighted by Gasteiger charge is -2.31. The zero-order valence-electron chi connectivity index (χ0n) is 19.1. The van der Waals surface area contributed by atoms with Crippen molar-refractivity contribution in [3.8, 4) is 0 Å². The van der Waals surface area contributed by atoms with E-state index in [0.29, 0.717) is 28.8 Å². The minimum Gasteiger partial charge on any atom is -0.352 e. The van der Waals surface area contributed by atoms with Crippen LogP contribution in [0.15, 0.2) is 48.5 Å². The second kappa shape index (κ2) is 13.3. The van der Waals surface area contributed by atoms with Crippen molar-refractivity contribution in [1.82, 2.24) is 10.2 Å². The van der Waals surface area contributed by atoms with Crippen molar-refractivity contribution >= 4 is 46.8 Å². The zero-order valence-corrected chi connectivity index (χ0v) is 21.4. The first kappa shape index (κ1) is 25.9. The molecule has 2 aromatic carbocycles. The van der Waals surface area contributed by atoms with E-state index in [0.717, 1.165) is 36.8 Å². The van der Waals surface area contributed by atoms with E-state index in [2.05, 4.69) is 5.32 Å². The van der Waals surface area contributed by atoms with Crippen molar-refractivity contribution in [2.75, 3.05) is 12.3 Å². The fourth-order valence-corrected chi connectivity index (χ4v) is 5.58. The van der Waals surface area contributed by atoms with Crippen LogP contribution in [0.1, 0.15) is 50.2 Å². The molecule has 33 heavy (non-hydrogen) atoms. The van der Waals surface area contributed by atoms with Crippen LogP contribution in [0, 0.1) is 0 Å². The molecule has 0 spiro atoms. The molecule has 178 valence electrons. The number of hydrogen-bond acceptors (Lipinski definition) is 3. The highest BCUT2D eigenvalue weighted by Gasteiger charge is 2.27. The molecule has 1 fully saturated rings. The van der Waals surface area contributed by atoms with Crippen LogP contribution in [0.2, 0.25) is 10.0 Å². The summed E-state index contributed by atoms with van der Waals surface area (Å²) in [5.74, 6) is 0.799. The van der Waals surface area contributed by atoms with Gasteiger partial charge in [0.05, 0.1) is 5.75 Å². The van der Waals surface area contributed by atoms with Gasteiger partial charge in [-0.3, -0.25) is 9.59 Å². The Morgan fingerprint density at radius 1 is 1.09 bits per heavy atom. The predicted octanol–water partition coefficient (Wildman–Crippen LogP) is 6.14. The number of amides is 2. The van der Waals surface area contributed by atoms with Gasteiger partial charge in [0.25, 0.3) is 0 Å². The number of nitrogens with one attached hydrogen (secondary N) is 1. The third-order valence-electron chi connectivity index (χ3n) is 6.10. The molecule has 1 saturated carbocycles. The summed E-state index contributed by atoms with van der Waals surface area (Å²) in [4.78, 5) is 27.9. The van der Waals surface area contributed by atoms with E-state index < -0.39 is 6.04 Å². The number of thioether (sulfide) groups is 1. The minimum atomic E-state index is -0.511. The maximum atomic E-state index is 13.2. The van der Waals surface area contributed by atoms with Crippen molar-refractivity contribution in [2.24, 2.45) is 0 Å². The molecule has 7 heteroatoms. The molecule has 1 N–H and O–H groups in total. The maximum Gasteiger partial charge on any atom is 0.242 e. The van der Waals surface area contributed by atoms with E-state index in [4.69, 9.17) is 23.2 Å². The first-order valence-electron chi connectivity index (χ1n) is 11.6. The minimum absolute atomic E-state index is 0.0349. The van der Waals surface area contributed by atoms with E-state index in [1.165, 1.54) is 18.2 Å². The summed E-state index contributed by atoms with van der Waals surface area (Å²) >= 11 is 13.7. The Hall–Kier alpha value is -1.69. The Bertz CT molecular complexity index is 920. The van der Waals surface area contributed by atoms with Crippen LogP contribution < -0.4 is 5.32 Å². The molecule has 0 aromatic heterocycles. The molecule has 1 aliphatic rings. The second-order valence-electron chi connectivity index (χ2n) is 8.57. The summed E-state index contributed by atoms with van der Waals surface area (Å²) < 4.78 is 0. The van der Waals surface area contributed by atoms with Gasteiger partial charge in [-0.2, -0.15) is 0 Å². The van der Waals surface area contributed by atoms with Crippen LogP contribution in [0.4, 0.5) is 0 Å². The van der Waals surface area contributed by atoms with E-state index >= 15 is 0 Å². The van der Waals surface area contributed by atoms with Gasteiger partial charge in [-0.25, -0.2) is 0 Å². The lowest BCUT2D eigenvalue weighted by molar-refractivity contribution is -0.138. The topological polar surface area (TPSA) is 49.4 Å². The SMILES string of the molecule is CC(C(=O)NC1CCCCC1)N(CCc1ccccc1)C(=O)CSCc1ccc(Cl)cc1Cl. The summed E-state index contributed by atoms with van der Waals surface area (Å²) in [6.45, 7) is 2.34. The van der Waals surface area contributed by atoms with Crippen LogP contribution >= 0.6 is 35.0 Å². The first-order valence-corrected chi connectivity index (χ1v) is 13.5. The van der Waals surface area contributed by atoms with Gasteiger partial charge in [-0.05, 0) is 49.4 Å². The standard InChI is InChI=1S/C26H32Cl2N2O2S/c1-19(26(32)29-23-10-6-3-7-11-23)30(15-14-20-8-4-2-5-9-20)25(31)18-33-17-21-12-13-22(27)16-24(21)28/h2,4-5,8-9,12-13,16,19,23H,3,6-7,10-11,14-15,17-18H2,1H3,(H,29,32). The Morgan fingerprint density at radius 2 is 1.82 bits per heavy atom. The van der Waals surface area contributed by atoms with Crippen molar-refractivity contribution in [1.29, 1.82) is 0 Å². The molecule has 1 atom stereocenters. The summed E-state index contributed by atoms with van der Waals surface area (Å²) in [6.07, 6.45) is 6.29. The number of hydrogen-bond donors (Lipinski definition) is 1. The van der Waals surface area contributed by atoms with E-state index in [-0.39, 0.29) is 23.6 Å². The summed E-state index contributed by atoms with van der Waals surface area (Å²) in [5.41, 5.74) is 2.09. The number of halogens is 2. The van der Waals surface area contributed by atoms with Crippen LogP contribution in [-0.4, -0.2) is 41.1 Å². The van der Waals surface area contributed by atoms with Crippen LogP contribution in [0.25, 0.3) is 0 Å². The van der Waals surface area contributed by atoms with Crippen molar-refractivity contribution in [3.63, 3.8) is 0 Å². The Balaban J connectivity index is 1.61. The monoisotopic (exact) mass is 506 g/mol. The average Bonchev–Trinajstić information content (AvgIpc) is 2.82. The molecule has 0 heterocycles. The van der Waals surface area contributed by atoms with Gasteiger partial charge in [0.1, 0.15) is 6.04 Å². The molecule has 4 nitrogen and oxygen atoms in total. The third-order valence-corrected chi connectivity index (χ3v) is 7.65. The molecule has 0 saturated heterocycles. The van der Waals surface area contributed by atoms with Crippen LogP contribution in [0.5, 0.6) is 0 Å². The molecular weight excluding hydrogens is 475 g/mol. The summed E-state index contributed by atoms with van der Waals surface area (Å²) in [6, 6.07) is 15.2. The van der Waals surface area contributed by atoms with Crippen molar-refractivity contribution in [3.05, 3.63) is 69.7 Å². The molecule has 1 unspecified atom stereocenters. The highest BCUT2D eigenvalue weighted by Crippen LogP contribution is 2.25. The van der Waals surface area contributed by atoms with Gasteiger partial charge in [0, 0.05) is 28.4 Å². The highest BCUT2D eigenvalue weighted by molar-refractivity contribution is 7.99. The quantitative estimate of drug-likeness (QED) is 0.421. The van der Waals surface area contributed by atoms with E-state index in [1.54, 1.807) is 17.0 Å². The molecule has 0 aliphatic heterocycles. The third kappa shape index (κ3) is 8.24. The molecular formula is C26H32Cl2N2O2S. The Morgan fingerprint density at radius 3 is 2.52 bits per heavy atom. The Labute approximate surface area is 211 Å². The first-order chi connectivity index (χ1) is 15.9. The zero-order chi connectivity index (χ0) is 23.6. The summed E-state index contributed by atoms with van der Waals surface area (Å²) in [7, 11) is 0. The van der Waals surface area contributed by atoms with Crippen molar-refractivity contribution < 1.29 is 9.59 Å². The van der Waals surface area contributed by atoms with Gasteiger partial charge in [-0.15, -0.1) is 11.8 Å². The fraction of sp³-hybridized carbons (Fsp3) is 0.462. The molecule has 2 aromatic rings. The smallest absolute Gasteiger partial charge is 0.242 e. The maximum absolute atomic E-state index is 13.2. The number of rotatable bonds is 10. The van der Waals surface area contributed by atoms with E-state index in [1.807, 2.05) is 43.3 Å². The molecule has 0 radical (unpaired) electrons. The van der Waals surface area contributed by atoms with Crippen LogP contribution in [0.3, 0.4) is 0 Å². The number of nitrogens with zero attached hydrogens (tertiary/aromatic N) is 1. The van der Waals surface area contributed by atoms with E-state index in [9.17, 15) is 9.59 Å². The van der Waals surface area contributed by atoms with Crippen LogP contribution in [-0.2, 0) is 21.8 Å². The van der Waals surface area contributed by atoms with Gasteiger partial charge in [0.15, 0.2) is 0 Å². The molecule has 3 rings (SSSR count). The number of carbonyl (C=O) groups is 2. The molecule has 2 amide bonds. The number of carbonyl (C=O) groups excluding carboxylic acids is 2. The lowest BCUT2D eigenvalue weighted by Crippen LogP contribution is -2.51. The van der Waals surface area contributed by atoms with Gasteiger partial charge in [-0.1, -0.05) is 78.9 Å².